The lowest BCUT2D eigenvalue weighted by Gasteiger charge is -2.36. The van der Waals surface area contributed by atoms with E-state index in [2.05, 4.69) is 5.32 Å². The Morgan fingerprint density at radius 3 is 2.73 bits per heavy atom. The summed E-state index contributed by atoms with van der Waals surface area (Å²) in [5.41, 5.74) is 0.366. The van der Waals surface area contributed by atoms with E-state index in [0.717, 1.165) is 38.9 Å². The molecule has 2 fully saturated rings. The van der Waals surface area contributed by atoms with Crippen LogP contribution in [0.1, 0.15) is 36.0 Å². The summed E-state index contributed by atoms with van der Waals surface area (Å²) < 4.78 is 0. The van der Waals surface area contributed by atoms with E-state index in [-0.39, 0.29) is 11.8 Å². The molecule has 2 aliphatic rings. The number of carbonyl (C=O) groups excluding carboxylic acids is 2. The maximum atomic E-state index is 13.1. The number of hydrogen-bond acceptors (Lipinski definition) is 3. The molecule has 142 valence electrons. The van der Waals surface area contributed by atoms with Gasteiger partial charge in [0.15, 0.2) is 0 Å². The zero-order valence-corrected chi connectivity index (χ0v) is 16.5. The van der Waals surface area contributed by atoms with Gasteiger partial charge in [0, 0.05) is 24.7 Å². The number of rotatable bonds is 4. The molecule has 0 spiro atoms. The SMILES string of the molecule is CNCC1CCCN(C(=O)C2CCCN2C(=O)c2cc(Cl)ccc2Cl)C1. The number of carbonyl (C=O) groups is 2. The molecule has 5 nitrogen and oxygen atoms in total. The third-order valence-corrected chi connectivity index (χ3v) is 5.85. The fourth-order valence-corrected chi connectivity index (χ4v) is 4.38. The van der Waals surface area contributed by atoms with Crippen molar-refractivity contribution in [3.63, 3.8) is 0 Å². The number of hydrogen-bond donors (Lipinski definition) is 1. The van der Waals surface area contributed by atoms with Crippen LogP contribution in [0, 0.1) is 5.92 Å². The molecule has 0 bridgehead atoms. The third kappa shape index (κ3) is 4.16. The number of benzene rings is 1. The summed E-state index contributed by atoms with van der Waals surface area (Å²) in [5.74, 6) is 0.331. The normalized spacial score (nSPS) is 23.3. The topological polar surface area (TPSA) is 52.7 Å². The Hall–Kier alpha value is -1.30. The first-order valence-electron chi connectivity index (χ1n) is 9.20. The van der Waals surface area contributed by atoms with Crippen molar-refractivity contribution in [1.82, 2.24) is 15.1 Å². The largest absolute Gasteiger partial charge is 0.341 e. The predicted molar refractivity (Wildman–Crippen MR) is 104 cm³/mol. The summed E-state index contributed by atoms with van der Waals surface area (Å²) in [4.78, 5) is 29.7. The van der Waals surface area contributed by atoms with E-state index >= 15 is 0 Å². The van der Waals surface area contributed by atoms with Crippen LogP contribution in [0.3, 0.4) is 0 Å². The number of amides is 2. The van der Waals surface area contributed by atoms with Crippen LogP contribution in [0.4, 0.5) is 0 Å². The van der Waals surface area contributed by atoms with Gasteiger partial charge in [-0.25, -0.2) is 0 Å². The van der Waals surface area contributed by atoms with Gasteiger partial charge in [0.25, 0.3) is 5.91 Å². The molecule has 0 aromatic heterocycles. The fourth-order valence-electron chi connectivity index (χ4n) is 4.01. The van der Waals surface area contributed by atoms with Crippen LogP contribution in [0.2, 0.25) is 10.0 Å². The zero-order valence-electron chi connectivity index (χ0n) is 15.0. The van der Waals surface area contributed by atoms with E-state index in [1.165, 1.54) is 0 Å². The first-order valence-corrected chi connectivity index (χ1v) is 9.96. The molecule has 0 aliphatic carbocycles. The van der Waals surface area contributed by atoms with Crippen LogP contribution in [-0.2, 0) is 4.79 Å². The van der Waals surface area contributed by atoms with Crippen LogP contribution in [0.25, 0.3) is 0 Å². The Bertz CT molecular complexity index is 681. The first-order chi connectivity index (χ1) is 12.5. The smallest absolute Gasteiger partial charge is 0.256 e. The summed E-state index contributed by atoms with van der Waals surface area (Å²) in [6, 6.07) is 4.46. The van der Waals surface area contributed by atoms with Crippen LogP contribution >= 0.6 is 23.2 Å². The molecule has 2 saturated heterocycles. The maximum Gasteiger partial charge on any atom is 0.256 e. The minimum Gasteiger partial charge on any atom is -0.341 e. The van der Waals surface area contributed by atoms with Crippen LogP contribution in [-0.4, -0.2) is 60.9 Å². The molecule has 1 N–H and O–H groups in total. The average Bonchev–Trinajstić information content (AvgIpc) is 3.13. The minimum atomic E-state index is -0.397. The highest BCUT2D eigenvalue weighted by Crippen LogP contribution is 2.28. The van der Waals surface area contributed by atoms with Crippen molar-refractivity contribution in [3.8, 4) is 0 Å². The maximum absolute atomic E-state index is 13.1. The average molecular weight is 398 g/mol. The minimum absolute atomic E-state index is 0.0646. The monoisotopic (exact) mass is 397 g/mol. The molecule has 2 heterocycles. The summed E-state index contributed by atoms with van der Waals surface area (Å²) in [7, 11) is 1.94. The highest BCUT2D eigenvalue weighted by molar-refractivity contribution is 6.35. The number of halogens is 2. The standard InChI is InChI=1S/C19H25Cl2N3O2/c1-22-11-13-4-2-8-23(12-13)19(26)17-5-3-9-24(17)18(25)15-10-14(20)6-7-16(15)21/h6-7,10,13,17,22H,2-5,8-9,11-12H2,1H3. The van der Waals surface area contributed by atoms with Crippen molar-refractivity contribution in [1.29, 1.82) is 0 Å². The molecule has 1 aromatic carbocycles. The summed E-state index contributed by atoms with van der Waals surface area (Å²) in [6.07, 6.45) is 3.68. The number of likely N-dealkylation sites (tertiary alicyclic amines) is 2. The zero-order chi connectivity index (χ0) is 18.7. The van der Waals surface area contributed by atoms with Gasteiger partial charge in [0.2, 0.25) is 5.91 Å². The molecule has 0 radical (unpaired) electrons. The fraction of sp³-hybridized carbons (Fsp3) is 0.579. The Kier molecular flexibility index (Phi) is 6.43. The van der Waals surface area contributed by atoms with E-state index in [1.807, 2.05) is 11.9 Å². The summed E-state index contributed by atoms with van der Waals surface area (Å²) in [6.45, 7) is 3.02. The number of nitrogens with one attached hydrogen (secondary N) is 1. The Morgan fingerprint density at radius 2 is 1.96 bits per heavy atom. The highest BCUT2D eigenvalue weighted by atomic mass is 35.5. The van der Waals surface area contributed by atoms with Gasteiger partial charge in [-0.15, -0.1) is 0 Å². The molecular formula is C19H25Cl2N3O2. The lowest BCUT2D eigenvalue weighted by molar-refractivity contribution is -0.137. The van der Waals surface area contributed by atoms with E-state index in [1.54, 1.807) is 23.1 Å². The summed E-state index contributed by atoms with van der Waals surface area (Å²) in [5, 5.41) is 4.03. The van der Waals surface area contributed by atoms with Crippen molar-refractivity contribution in [2.75, 3.05) is 33.2 Å². The molecule has 2 aliphatic heterocycles. The van der Waals surface area contributed by atoms with Gasteiger partial charge in [-0.05, 0) is 63.4 Å². The van der Waals surface area contributed by atoms with Crippen molar-refractivity contribution in [2.24, 2.45) is 5.92 Å². The van der Waals surface area contributed by atoms with Crippen LogP contribution in [0.5, 0.6) is 0 Å². The van der Waals surface area contributed by atoms with Gasteiger partial charge in [-0.2, -0.15) is 0 Å². The summed E-state index contributed by atoms with van der Waals surface area (Å²) >= 11 is 12.2. The third-order valence-electron chi connectivity index (χ3n) is 5.28. The molecule has 7 heteroatoms. The molecule has 2 unspecified atom stereocenters. The molecule has 0 saturated carbocycles. The Labute approximate surface area is 164 Å². The van der Waals surface area contributed by atoms with Crippen molar-refractivity contribution in [3.05, 3.63) is 33.8 Å². The van der Waals surface area contributed by atoms with Gasteiger partial charge in [-0.1, -0.05) is 23.2 Å². The molecular weight excluding hydrogens is 373 g/mol. The van der Waals surface area contributed by atoms with Gasteiger partial charge in [0.1, 0.15) is 6.04 Å². The van der Waals surface area contributed by atoms with E-state index in [9.17, 15) is 9.59 Å². The van der Waals surface area contributed by atoms with Gasteiger partial charge in [0.05, 0.1) is 10.6 Å². The van der Waals surface area contributed by atoms with Gasteiger partial charge >= 0.3 is 0 Å². The number of nitrogens with zero attached hydrogens (tertiary/aromatic N) is 2. The second kappa shape index (κ2) is 8.59. The first kappa shape index (κ1) is 19.5. The van der Waals surface area contributed by atoms with Crippen LogP contribution in [0.15, 0.2) is 18.2 Å². The van der Waals surface area contributed by atoms with Crippen molar-refractivity contribution < 1.29 is 9.59 Å². The quantitative estimate of drug-likeness (QED) is 0.848. The second-order valence-corrected chi connectivity index (χ2v) is 7.97. The lowest BCUT2D eigenvalue weighted by Crippen LogP contribution is -2.51. The molecule has 2 amide bonds. The molecule has 26 heavy (non-hydrogen) atoms. The number of piperidine rings is 1. The van der Waals surface area contributed by atoms with Gasteiger partial charge < -0.3 is 15.1 Å². The second-order valence-electron chi connectivity index (χ2n) is 7.13. The molecule has 1 aromatic rings. The Morgan fingerprint density at radius 1 is 1.19 bits per heavy atom. The van der Waals surface area contributed by atoms with E-state index in [0.29, 0.717) is 34.5 Å². The van der Waals surface area contributed by atoms with Crippen molar-refractivity contribution >= 4 is 35.0 Å². The van der Waals surface area contributed by atoms with Gasteiger partial charge in [-0.3, -0.25) is 9.59 Å². The predicted octanol–water partition coefficient (Wildman–Crippen LogP) is 3.06. The molecule has 3 rings (SSSR count). The van der Waals surface area contributed by atoms with Crippen molar-refractivity contribution in [2.45, 2.75) is 31.7 Å². The Balaban J connectivity index is 1.74. The lowest BCUT2D eigenvalue weighted by atomic mass is 9.97. The van der Waals surface area contributed by atoms with Crippen LogP contribution < -0.4 is 5.32 Å². The molecule has 2 atom stereocenters. The van der Waals surface area contributed by atoms with E-state index < -0.39 is 6.04 Å². The van der Waals surface area contributed by atoms with E-state index in [4.69, 9.17) is 23.2 Å². The highest BCUT2D eigenvalue weighted by Gasteiger charge is 2.38.